The molecular formula is C15H12BrNO2. The van der Waals surface area contributed by atoms with Crippen LogP contribution in [0, 0.1) is 0 Å². The van der Waals surface area contributed by atoms with E-state index >= 15 is 0 Å². The third-order valence-electron chi connectivity index (χ3n) is 3.11. The Morgan fingerprint density at radius 1 is 1.21 bits per heavy atom. The van der Waals surface area contributed by atoms with Crippen molar-refractivity contribution in [2.24, 2.45) is 0 Å². The van der Waals surface area contributed by atoms with Crippen LogP contribution in [-0.2, 0) is 4.79 Å². The van der Waals surface area contributed by atoms with Crippen LogP contribution in [-0.4, -0.2) is 12.5 Å². The summed E-state index contributed by atoms with van der Waals surface area (Å²) in [7, 11) is 0. The van der Waals surface area contributed by atoms with Gasteiger partial charge in [0.1, 0.15) is 18.3 Å². The number of carbonyl (C=O) groups excluding carboxylic acids is 1. The lowest BCUT2D eigenvalue weighted by molar-refractivity contribution is -0.117. The minimum atomic E-state index is -0.241. The molecule has 0 bridgehead atoms. The van der Waals surface area contributed by atoms with Crippen molar-refractivity contribution in [3.05, 3.63) is 58.6 Å². The standard InChI is InChI=1S/C15H12BrNO2/c16-10-4-3-5-11(8-10)17-15(18)13-9-19-14-7-2-1-6-12(13)14/h1-8,13H,9H2,(H,17,18). The lowest BCUT2D eigenvalue weighted by Gasteiger charge is -2.10. The van der Waals surface area contributed by atoms with Gasteiger partial charge < -0.3 is 10.1 Å². The van der Waals surface area contributed by atoms with E-state index in [2.05, 4.69) is 21.2 Å². The quantitative estimate of drug-likeness (QED) is 0.919. The number of halogens is 1. The Hall–Kier alpha value is -1.81. The van der Waals surface area contributed by atoms with Gasteiger partial charge in [0.2, 0.25) is 5.91 Å². The molecule has 1 N–H and O–H groups in total. The number of ether oxygens (including phenoxy) is 1. The van der Waals surface area contributed by atoms with E-state index < -0.39 is 0 Å². The Morgan fingerprint density at radius 2 is 2.05 bits per heavy atom. The predicted molar refractivity (Wildman–Crippen MR) is 77.4 cm³/mol. The zero-order valence-electron chi connectivity index (χ0n) is 10.1. The first-order valence-corrected chi connectivity index (χ1v) is 6.81. The summed E-state index contributed by atoms with van der Waals surface area (Å²) < 4.78 is 6.46. The minimum absolute atomic E-state index is 0.0388. The van der Waals surface area contributed by atoms with Gasteiger partial charge in [0, 0.05) is 15.7 Å². The van der Waals surface area contributed by atoms with E-state index in [9.17, 15) is 4.79 Å². The molecule has 0 aliphatic carbocycles. The molecule has 2 aromatic rings. The SMILES string of the molecule is O=C(Nc1cccc(Br)c1)C1COc2ccccc21. The van der Waals surface area contributed by atoms with Crippen molar-refractivity contribution >= 4 is 27.5 Å². The van der Waals surface area contributed by atoms with Crippen LogP contribution in [0.15, 0.2) is 53.0 Å². The molecule has 0 aromatic heterocycles. The van der Waals surface area contributed by atoms with E-state index in [1.807, 2.05) is 48.5 Å². The molecule has 0 radical (unpaired) electrons. The van der Waals surface area contributed by atoms with Gasteiger partial charge in [-0.15, -0.1) is 0 Å². The molecule has 1 atom stereocenters. The molecule has 0 saturated heterocycles. The molecular weight excluding hydrogens is 306 g/mol. The van der Waals surface area contributed by atoms with Crippen LogP contribution in [0.2, 0.25) is 0 Å². The molecule has 1 amide bonds. The molecule has 0 spiro atoms. The first-order valence-electron chi connectivity index (χ1n) is 6.02. The highest BCUT2D eigenvalue weighted by atomic mass is 79.9. The van der Waals surface area contributed by atoms with E-state index in [1.165, 1.54) is 0 Å². The normalized spacial score (nSPS) is 16.6. The largest absolute Gasteiger partial charge is 0.492 e. The number of hydrogen-bond acceptors (Lipinski definition) is 2. The molecule has 1 heterocycles. The average Bonchev–Trinajstić information content (AvgIpc) is 2.82. The van der Waals surface area contributed by atoms with E-state index in [1.54, 1.807) is 0 Å². The first-order chi connectivity index (χ1) is 9.24. The van der Waals surface area contributed by atoms with Gasteiger partial charge in [-0.3, -0.25) is 4.79 Å². The van der Waals surface area contributed by atoms with Gasteiger partial charge in [-0.25, -0.2) is 0 Å². The predicted octanol–water partition coefficient (Wildman–Crippen LogP) is 3.56. The Morgan fingerprint density at radius 3 is 2.89 bits per heavy atom. The smallest absolute Gasteiger partial charge is 0.235 e. The van der Waals surface area contributed by atoms with Crippen molar-refractivity contribution in [1.29, 1.82) is 0 Å². The molecule has 19 heavy (non-hydrogen) atoms. The van der Waals surface area contributed by atoms with Crippen LogP contribution in [0.1, 0.15) is 11.5 Å². The minimum Gasteiger partial charge on any atom is -0.492 e. The summed E-state index contributed by atoms with van der Waals surface area (Å²) in [5, 5.41) is 2.92. The van der Waals surface area contributed by atoms with E-state index in [4.69, 9.17) is 4.74 Å². The maximum absolute atomic E-state index is 12.3. The Bertz CT molecular complexity index is 627. The molecule has 4 heteroatoms. The number of carbonyl (C=O) groups is 1. The van der Waals surface area contributed by atoms with E-state index in [0.29, 0.717) is 6.61 Å². The van der Waals surface area contributed by atoms with Crippen LogP contribution in [0.3, 0.4) is 0 Å². The topological polar surface area (TPSA) is 38.3 Å². The summed E-state index contributed by atoms with van der Waals surface area (Å²) in [6.45, 7) is 0.402. The van der Waals surface area contributed by atoms with Crippen LogP contribution < -0.4 is 10.1 Å². The van der Waals surface area contributed by atoms with Gasteiger partial charge in [0.25, 0.3) is 0 Å². The monoisotopic (exact) mass is 317 g/mol. The highest BCUT2D eigenvalue weighted by Crippen LogP contribution is 2.34. The molecule has 2 aromatic carbocycles. The van der Waals surface area contributed by atoms with Gasteiger partial charge in [0.15, 0.2) is 0 Å². The van der Waals surface area contributed by atoms with Crippen molar-refractivity contribution in [1.82, 2.24) is 0 Å². The molecule has 0 fully saturated rings. The van der Waals surface area contributed by atoms with Crippen LogP contribution in [0.4, 0.5) is 5.69 Å². The summed E-state index contributed by atoms with van der Waals surface area (Å²) in [5.41, 5.74) is 1.73. The van der Waals surface area contributed by atoms with Crippen molar-refractivity contribution in [3.8, 4) is 5.75 Å². The van der Waals surface area contributed by atoms with Crippen LogP contribution in [0.5, 0.6) is 5.75 Å². The van der Waals surface area contributed by atoms with E-state index in [0.717, 1.165) is 21.5 Å². The van der Waals surface area contributed by atoms with Crippen molar-refractivity contribution < 1.29 is 9.53 Å². The maximum Gasteiger partial charge on any atom is 0.235 e. The summed E-state index contributed by atoms with van der Waals surface area (Å²) in [4.78, 5) is 12.3. The van der Waals surface area contributed by atoms with Gasteiger partial charge in [-0.2, -0.15) is 0 Å². The number of hydrogen-bond donors (Lipinski definition) is 1. The Labute approximate surface area is 119 Å². The fourth-order valence-corrected chi connectivity index (χ4v) is 2.57. The zero-order chi connectivity index (χ0) is 13.2. The number of rotatable bonds is 2. The molecule has 0 saturated carbocycles. The molecule has 3 nitrogen and oxygen atoms in total. The van der Waals surface area contributed by atoms with Gasteiger partial charge in [-0.1, -0.05) is 40.2 Å². The number of benzene rings is 2. The second-order valence-electron chi connectivity index (χ2n) is 4.40. The van der Waals surface area contributed by atoms with Crippen LogP contribution in [0.25, 0.3) is 0 Å². The van der Waals surface area contributed by atoms with Crippen molar-refractivity contribution in [2.75, 3.05) is 11.9 Å². The molecule has 3 rings (SSSR count). The van der Waals surface area contributed by atoms with Gasteiger partial charge >= 0.3 is 0 Å². The van der Waals surface area contributed by atoms with Gasteiger partial charge in [-0.05, 0) is 24.3 Å². The number of anilines is 1. The zero-order valence-corrected chi connectivity index (χ0v) is 11.7. The molecule has 1 unspecified atom stereocenters. The summed E-state index contributed by atoms with van der Waals surface area (Å²) >= 11 is 3.39. The summed E-state index contributed by atoms with van der Waals surface area (Å²) in [6.07, 6.45) is 0. The fourth-order valence-electron chi connectivity index (χ4n) is 2.18. The fraction of sp³-hybridized carbons (Fsp3) is 0.133. The third-order valence-corrected chi connectivity index (χ3v) is 3.60. The lowest BCUT2D eigenvalue weighted by Crippen LogP contribution is -2.22. The second-order valence-corrected chi connectivity index (χ2v) is 5.32. The Kier molecular flexibility index (Phi) is 3.25. The Balaban J connectivity index is 1.79. The lowest BCUT2D eigenvalue weighted by atomic mass is 10.0. The molecule has 1 aliphatic heterocycles. The van der Waals surface area contributed by atoms with Gasteiger partial charge in [0.05, 0.1) is 0 Å². The van der Waals surface area contributed by atoms with Crippen molar-refractivity contribution in [2.45, 2.75) is 5.92 Å². The maximum atomic E-state index is 12.3. The number of fused-ring (bicyclic) bond motifs is 1. The molecule has 1 aliphatic rings. The number of nitrogens with one attached hydrogen (secondary N) is 1. The average molecular weight is 318 g/mol. The first kappa shape index (κ1) is 12.2. The third kappa shape index (κ3) is 2.49. The highest BCUT2D eigenvalue weighted by molar-refractivity contribution is 9.10. The van der Waals surface area contributed by atoms with Crippen molar-refractivity contribution in [3.63, 3.8) is 0 Å². The highest BCUT2D eigenvalue weighted by Gasteiger charge is 2.29. The summed E-state index contributed by atoms with van der Waals surface area (Å²) in [5.74, 6) is 0.523. The molecule has 96 valence electrons. The summed E-state index contributed by atoms with van der Waals surface area (Å²) in [6, 6.07) is 15.2. The number of amides is 1. The van der Waals surface area contributed by atoms with E-state index in [-0.39, 0.29) is 11.8 Å². The number of para-hydroxylation sites is 1. The second kappa shape index (κ2) is 5.05. The van der Waals surface area contributed by atoms with Crippen LogP contribution >= 0.6 is 15.9 Å².